The lowest BCUT2D eigenvalue weighted by atomic mass is 10.1. The van der Waals surface area contributed by atoms with E-state index in [1.54, 1.807) is 24.3 Å². The van der Waals surface area contributed by atoms with Crippen LogP contribution in [0, 0.1) is 0 Å². The minimum Gasteiger partial charge on any atom is -0.480 e. The zero-order valence-corrected chi connectivity index (χ0v) is 19.9. The maximum Gasteiger partial charge on any atom is 0.408 e. The standard InChI is InChI=1S/C23H35N5O7/c1-16(29)27-18(21(31)26-14-12-24)9-5-6-13-25-20(30)11-10-19(22(32)33)28-23(34)35-15-17-7-3-2-4-8-17/h2-4,7-8,18-19H,5-6,9-15,24H2,1H3,(H,25,30)(H,26,31)(H,27,29)(H,28,34)(H,32,33). The van der Waals surface area contributed by atoms with Gasteiger partial charge >= 0.3 is 12.1 Å². The van der Waals surface area contributed by atoms with Gasteiger partial charge < -0.3 is 36.8 Å². The number of carbonyl (C=O) groups is 5. The molecule has 0 saturated carbocycles. The Balaban J connectivity index is 2.31. The Morgan fingerprint density at radius 3 is 2.29 bits per heavy atom. The Morgan fingerprint density at radius 2 is 1.66 bits per heavy atom. The third-order valence-electron chi connectivity index (χ3n) is 4.84. The minimum atomic E-state index is -1.27. The van der Waals surface area contributed by atoms with E-state index in [4.69, 9.17) is 10.5 Å². The van der Waals surface area contributed by atoms with E-state index in [1.165, 1.54) is 6.92 Å². The van der Waals surface area contributed by atoms with Crippen LogP contribution >= 0.6 is 0 Å². The molecule has 0 aliphatic rings. The molecule has 7 N–H and O–H groups in total. The lowest BCUT2D eigenvalue weighted by Crippen LogP contribution is -2.47. The van der Waals surface area contributed by atoms with E-state index in [0.29, 0.717) is 32.4 Å². The molecule has 0 aromatic heterocycles. The van der Waals surface area contributed by atoms with E-state index in [1.807, 2.05) is 6.07 Å². The first-order valence-corrected chi connectivity index (χ1v) is 11.4. The predicted molar refractivity (Wildman–Crippen MR) is 127 cm³/mol. The van der Waals surface area contributed by atoms with Crippen LogP contribution < -0.4 is 27.0 Å². The van der Waals surface area contributed by atoms with Gasteiger partial charge in [-0.3, -0.25) is 14.4 Å². The quantitative estimate of drug-likeness (QED) is 0.174. The fourth-order valence-corrected chi connectivity index (χ4v) is 3.06. The number of hydrogen-bond donors (Lipinski definition) is 6. The van der Waals surface area contributed by atoms with Gasteiger partial charge in [-0.25, -0.2) is 9.59 Å². The zero-order chi connectivity index (χ0) is 26.1. The van der Waals surface area contributed by atoms with Crippen LogP contribution in [0.25, 0.3) is 0 Å². The van der Waals surface area contributed by atoms with Crippen LogP contribution in [-0.2, 0) is 30.5 Å². The van der Waals surface area contributed by atoms with E-state index in [0.717, 1.165) is 5.56 Å². The summed E-state index contributed by atoms with van der Waals surface area (Å²) in [7, 11) is 0. The summed E-state index contributed by atoms with van der Waals surface area (Å²) in [5.41, 5.74) is 6.12. The van der Waals surface area contributed by atoms with Crippen molar-refractivity contribution in [2.75, 3.05) is 19.6 Å². The number of unbranched alkanes of at least 4 members (excludes halogenated alkanes) is 1. The maximum absolute atomic E-state index is 12.1. The Bertz CT molecular complexity index is 835. The number of carboxylic acid groups (broad SMARTS) is 1. The highest BCUT2D eigenvalue weighted by atomic mass is 16.5. The number of benzene rings is 1. The molecule has 12 nitrogen and oxygen atoms in total. The second-order valence-corrected chi connectivity index (χ2v) is 7.81. The maximum atomic E-state index is 12.1. The number of nitrogens with one attached hydrogen (secondary N) is 4. The molecule has 0 radical (unpaired) electrons. The Hall–Kier alpha value is -3.67. The lowest BCUT2D eigenvalue weighted by molar-refractivity contribution is -0.139. The van der Waals surface area contributed by atoms with Crippen molar-refractivity contribution in [2.45, 2.75) is 57.7 Å². The fourth-order valence-electron chi connectivity index (χ4n) is 3.06. The molecule has 194 valence electrons. The minimum absolute atomic E-state index is 0.00300. The molecule has 35 heavy (non-hydrogen) atoms. The molecule has 0 spiro atoms. The predicted octanol–water partition coefficient (Wildman–Crippen LogP) is 0.0123. The molecular formula is C23H35N5O7. The summed E-state index contributed by atoms with van der Waals surface area (Å²) < 4.78 is 5.01. The molecule has 0 bridgehead atoms. The van der Waals surface area contributed by atoms with Gasteiger partial charge in [-0.05, 0) is 31.2 Å². The average Bonchev–Trinajstić information content (AvgIpc) is 2.83. The fraction of sp³-hybridized carbons (Fsp3) is 0.522. The highest BCUT2D eigenvalue weighted by molar-refractivity contribution is 5.86. The number of amides is 4. The molecule has 2 atom stereocenters. The van der Waals surface area contributed by atoms with Crippen molar-refractivity contribution in [3.8, 4) is 0 Å². The molecular weight excluding hydrogens is 458 g/mol. The summed E-state index contributed by atoms with van der Waals surface area (Å²) in [4.78, 5) is 58.7. The number of carbonyl (C=O) groups excluding carboxylic acids is 4. The van der Waals surface area contributed by atoms with Gasteiger partial charge in [-0.1, -0.05) is 30.3 Å². The molecule has 0 aliphatic heterocycles. The third-order valence-corrected chi connectivity index (χ3v) is 4.84. The van der Waals surface area contributed by atoms with Crippen LogP contribution in [0.5, 0.6) is 0 Å². The van der Waals surface area contributed by atoms with Crippen LogP contribution in [0.3, 0.4) is 0 Å². The summed E-state index contributed by atoms with van der Waals surface area (Å²) in [6.45, 7) is 2.24. The number of alkyl carbamates (subject to hydrolysis) is 1. The van der Waals surface area contributed by atoms with Crippen molar-refractivity contribution in [1.82, 2.24) is 21.3 Å². The van der Waals surface area contributed by atoms with Crippen molar-refractivity contribution in [1.29, 1.82) is 0 Å². The number of nitrogens with two attached hydrogens (primary N) is 1. The number of hydrogen-bond acceptors (Lipinski definition) is 7. The van der Waals surface area contributed by atoms with Crippen LogP contribution in [0.15, 0.2) is 30.3 Å². The van der Waals surface area contributed by atoms with Gasteiger partial charge in [0.25, 0.3) is 0 Å². The molecule has 0 fully saturated rings. The Kier molecular flexibility index (Phi) is 14.2. The van der Waals surface area contributed by atoms with Crippen molar-refractivity contribution in [2.24, 2.45) is 5.73 Å². The summed E-state index contributed by atoms with van der Waals surface area (Å²) in [6.07, 6.45) is 0.416. The highest BCUT2D eigenvalue weighted by Crippen LogP contribution is 2.04. The van der Waals surface area contributed by atoms with Crippen molar-refractivity contribution in [3.63, 3.8) is 0 Å². The molecule has 0 aliphatic carbocycles. The average molecular weight is 494 g/mol. The third kappa shape index (κ3) is 13.6. The molecule has 1 aromatic carbocycles. The van der Waals surface area contributed by atoms with Crippen LogP contribution in [-0.4, -0.2) is 66.6 Å². The monoisotopic (exact) mass is 493 g/mol. The zero-order valence-electron chi connectivity index (χ0n) is 19.9. The first-order chi connectivity index (χ1) is 16.7. The van der Waals surface area contributed by atoms with E-state index in [9.17, 15) is 29.1 Å². The summed E-state index contributed by atoms with van der Waals surface area (Å²) in [6, 6.07) is 6.98. The van der Waals surface area contributed by atoms with Crippen molar-refractivity contribution >= 4 is 29.8 Å². The van der Waals surface area contributed by atoms with Gasteiger partial charge in [0.1, 0.15) is 18.7 Å². The lowest BCUT2D eigenvalue weighted by Gasteiger charge is -2.17. The van der Waals surface area contributed by atoms with Crippen LogP contribution in [0.4, 0.5) is 4.79 Å². The number of aliphatic carboxylic acids is 1. The molecule has 0 heterocycles. The molecule has 0 saturated heterocycles. The SMILES string of the molecule is CC(=O)NC(CCCCNC(=O)CCC(NC(=O)OCc1ccccc1)C(=O)O)C(=O)NCCN. The normalized spacial score (nSPS) is 12.1. The number of rotatable bonds is 16. The topological polar surface area (TPSA) is 189 Å². The molecule has 1 rings (SSSR count). The molecule has 12 heteroatoms. The first kappa shape index (κ1) is 29.4. The second-order valence-electron chi connectivity index (χ2n) is 7.81. The molecule has 2 unspecified atom stereocenters. The van der Waals surface area contributed by atoms with Crippen molar-refractivity contribution < 1.29 is 33.8 Å². The van der Waals surface area contributed by atoms with Crippen LogP contribution in [0.2, 0.25) is 0 Å². The summed E-state index contributed by atoms with van der Waals surface area (Å²) >= 11 is 0. The van der Waals surface area contributed by atoms with E-state index in [-0.39, 0.29) is 43.7 Å². The van der Waals surface area contributed by atoms with Gasteiger partial charge in [-0.15, -0.1) is 0 Å². The number of carboxylic acids is 1. The van der Waals surface area contributed by atoms with Gasteiger partial charge in [0.05, 0.1) is 0 Å². The van der Waals surface area contributed by atoms with E-state index >= 15 is 0 Å². The van der Waals surface area contributed by atoms with Crippen LogP contribution in [0.1, 0.15) is 44.6 Å². The van der Waals surface area contributed by atoms with Gasteiger partial charge in [0.15, 0.2) is 0 Å². The summed E-state index contributed by atoms with van der Waals surface area (Å²) in [5.74, 6) is -2.28. The van der Waals surface area contributed by atoms with Gasteiger partial charge in [0, 0.05) is 33.0 Å². The van der Waals surface area contributed by atoms with Crippen molar-refractivity contribution in [3.05, 3.63) is 35.9 Å². The molecule has 4 amide bonds. The largest absolute Gasteiger partial charge is 0.480 e. The second kappa shape index (κ2) is 16.9. The Labute approximate surface area is 204 Å². The smallest absolute Gasteiger partial charge is 0.408 e. The van der Waals surface area contributed by atoms with Gasteiger partial charge in [0.2, 0.25) is 17.7 Å². The Morgan fingerprint density at radius 1 is 0.943 bits per heavy atom. The summed E-state index contributed by atoms with van der Waals surface area (Å²) in [5, 5.41) is 19.4. The highest BCUT2D eigenvalue weighted by Gasteiger charge is 2.22. The van der Waals surface area contributed by atoms with Gasteiger partial charge in [-0.2, -0.15) is 0 Å². The van der Waals surface area contributed by atoms with E-state index < -0.39 is 24.1 Å². The molecule has 1 aromatic rings. The number of ether oxygens (including phenoxy) is 1. The first-order valence-electron chi connectivity index (χ1n) is 11.4. The van der Waals surface area contributed by atoms with E-state index in [2.05, 4.69) is 21.3 Å².